The van der Waals surface area contributed by atoms with Gasteiger partial charge < -0.3 is 14.5 Å². The van der Waals surface area contributed by atoms with E-state index in [1.54, 1.807) is 0 Å². The first-order chi connectivity index (χ1) is 13.1. The molecular formula is C24H32N2O. The molecule has 0 heterocycles. The summed E-state index contributed by atoms with van der Waals surface area (Å²) in [6, 6.07) is 16.6. The zero-order valence-electron chi connectivity index (χ0n) is 17.1. The highest BCUT2D eigenvalue weighted by atomic mass is 16.5. The Labute approximate surface area is 164 Å². The molecule has 2 aromatic carbocycles. The van der Waals surface area contributed by atoms with Gasteiger partial charge in [-0.2, -0.15) is 0 Å². The molecule has 0 spiro atoms. The summed E-state index contributed by atoms with van der Waals surface area (Å²) in [7, 11) is 0. The summed E-state index contributed by atoms with van der Waals surface area (Å²) in [5.41, 5.74) is 4.52. The second-order valence-electron chi connectivity index (χ2n) is 6.43. The van der Waals surface area contributed by atoms with Crippen molar-refractivity contribution in [1.82, 2.24) is 0 Å². The Morgan fingerprint density at radius 1 is 0.778 bits per heavy atom. The average molecular weight is 365 g/mol. The van der Waals surface area contributed by atoms with Crippen molar-refractivity contribution in [3.8, 4) is 0 Å². The normalized spacial score (nSPS) is 12.9. The largest absolute Gasteiger partial charge is 0.346 e. The molecule has 0 radical (unpaired) electrons. The van der Waals surface area contributed by atoms with E-state index in [1.165, 1.54) is 0 Å². The monoisotopic (exact) mass is 364 g/mol. The minimum absolute atomic E-state index is 0.0731. The standard InChI is InChI=1S/C24H32N2O/c1-7-21-15-11-13-17-23(21)25(9-3)19(5)27-20(6)26(10-4)24-18-14-12-16-22(24)8-2/h7-8,11-20H,1-2,9-10H2,3-6H3. The maximum Gasteiger partial charge on any atom is 0.129 e. The van der Waals surface area contributed by atoms with E-state index in [9.17, 15) is 0 Å². The summed E-state index contributed by atoms with van der Waals surface area (Å²) < 4.78 is 6.45. The highest BCUT2D eigenvalue weighted by Crippen LogP contribution is 2.27. The van der Waals surface area contributed by atoms with E-state index in [1.807, 2.05) is 24.3 Å². The minimum atomic E-state index is -0.0731. The molecule has 0 aliphatic heterocycles. The Hall–Kier alpha value is -2.52. The van der Waals surface area contributed by atoms with Gasteiger partial charge in [0.15, 0.2) is 0 Å². The summed E-state index contributed by atoms with van der Waals surface area (Å²) >= 11 is 0. The molecule has 0 bridgehead atoms. The van der Waals surface area contributed by atoms with Crippen LogP contribution in [0, 0.1) is 0 Å². The summed E-state index contributed by atoms with van der Waals surface area (Å²) in [5.74, 6) is 0. The first-order valence-electron chi connectivity index (χ1n) is 9.68. The first-order valence-corrected chi connectivity index (χ1v) is 9.68. The predicted molar refractivity (Wildman–Crippen MR) is 119 cm³/mol. The summed E-state index contributed by atoms with van der Waals surface area (Å²) in [5, 5.41) is 0. The number of para-hydroxylation sites is 2. The number of hydrogen-bond donors (Lipinski definition) is 0. The molecule has 3 heteroatoms. The van der Waals surface area contributed by atoms with Crippen molar-refractivity contribution in [2.75, 3.05) is 22.9 Å². The molecule has 2 atom stereocenters. The van der Waals surface area contributed by atoms with Crippen LogP contribution >= 0.6 is 0 Å². The minimum Gasteiger partial charge on any atom is -0.346 e. The molecule has 27 heavy (non-hydrogen) atoms. The Morgan fingerprint density at radius 2 is 1.15 bits per heavy atom. The van der Waals surface area contributed by atoms with Gasteiger partial charge in [0.2, 0.25) is 0 Å². The van der Waals surface area contributed by atoms with Crippen molar-refractivity contribution in [2.45, 2.75) is 40.2 Å². The average Bonchev–Trinajstić information content (AvgIpc) is 2.69. The third-order valence-electron chi connectivity index (χ3n) is 4.89. The molecule has 2 unspecified atom stereocenters. The Balaban J connectivity index is 2.22. The number of ether oxygens (including phenoxy) is 1. The van der Waals surface area contributed by atoms with Crippen molar-refractivity contribution >= 4 is 23.5 Å². The SMILES string of the molecule is C=Cc1ccccc1N(CC)C(C)OC(C)N(CC)c1ccccc1C=C. The fourth-order valence-corrected chi connectivity index (χ4v) is 3.52. The van der Waals surface area contributed by atoms with Crippen molar-refractivity contribution in [3.63, 3.8) is 0 Å². The topological polar surface area (TPSA) is 15.7 Å². The fraction of sp³-hybridized carbons (Fsp3) is 0.333. The van der Waals surface area contributed by atoms with Crippen LogP contribution in [0.2, 0.25) is 0 Å². The lowest BCUT2D eigenvalue weighted by molar-refractivity contribution is 0.00620. The van der Waals surface area contributed by atoms with Crippen molar-refractivity contribution < 1.29 is 4.74 Å². The Bertz CT molecular complexity index is 692. The smallest absolute Gasteiger partial charge is 0.129 e. The lowest BCUT2D eigenvalue weighted by Gasteiger charge is -2.37. The summed E-state index contributed by atoms with van der Waals surface area (Å²) in [6.45, 7) is 18.1. The van der Waals surface area contributed by atoms with Gasteiger partial charge in [0, 0.05) is 24.5 Å². The van der Waals surface area contributed by atoms with Crippen molar-refractivity contribution in [3.05, 3.63) is 72.8 Å². The summed E-state index contributed by atoms with van der Waals surface area (Å²) in [4.78, 5) is 4.53. The number of rotatable bonds is 10. The van der Waals surface area contributed by atoms with Crippen LogP contribution < -0.4 is 9.80 Å². The maximum absolute atomic E-state index is 6.45. The number of nitrogens with zero attached hydrogens (tertiary/aromatic N) is 2. The molecule has 0 aromatic heterocycles. The van der Waals surface area contributed by atoms with Crippen LogP contribution in [0.15, 0.2) is 61.7 Å². The second-order valence-corrected chi connectivity index (χ2v) is 6.43. The van der Waals surface area contributed by atoms with Gasteiger partial charge >= 0.3 is 0 Å². The third-order valence-corrected chi connectivity index (χ3v) is 4.89. The maximum atomic E-state index is 6.45. The molecule has 3 nitrogen and oxygen atoms in total. The van der Waals surface area contributed by atoms with E-state index < -0.39 is 0 Å². The van der Waals surface area contributed by atoms with E-state index in [0.717, 1.165) is 35.6 Å². The quantitative estimate of drug-likeness (QED) is 0.478. The van der Waals surface area contributed by atoms with E-state index >= 15 is 0 Å². The molecule has 0 saturated heterocycles. The van der Waals surface area contributed by atoms with Crippen molar-refractivity contribution in [2.24, 2.45) is 0 Å². The van der Waals surface area contributed by atoms with Gasteiger partial charge in [0.1, 0.15) is 12.5 Å². The lowest BCUT2D eigenvalue weighted by atomic mass is 10.1. The van der Waals surface area contributed by atoms with E-state index in [2.05, 4.69) is 87.1 Å². The van der Waals surface area contributed by atoms with E-state index in [4.69, 9.17) is 4.74 Å². The first kappa shape index (κ1) is 20.8. The fourth-order valence-electron chi connectivity index (χ4n) is 3.52. The Kier molecular flexibility index (Phi) is 7.68. The van der Waals surface area contributed by atoms with Gasteiger partial charge in [-0.3, -0.25) is 0 Å². The zero-order valence-corrected chi connectivity index (χ0v) is 17.1. The number of hydrogen-bond acceptors (Lipinski definition) is 3. The van der Waals surface area contributed by atoms with E-state index in [0.29, 0.717) is 0 Å². The van der Waals surface area contributed by atoms with Crippen LogP contribution in [-0.2, 0) is 4.74 Å². The van der Waals surface area contributed by atoms with Gasteiger partial charge in [0.05, 0.1) is 0 Å². The number of benzene rings is 2. The van der Waals surface area contributed by atoms with Gasteiger partial charge in [-0.05, 0) is 51.0 Å². The van der Waals surface area contributed by atoms with Crippen LogP contribution in [0.3, 0.4) is 0 Å². The van der Waals surface area contributed by atoms with Crippen LogP contribution in [-0.4, -0.2) is 25.5 Å². The van der Waals surface area contributed by atoms with Crippen LogP contribution in [0.1, 0.15) is 38.8 Å². The molecule has 0 saturated carbocycles. The van der Waals surface area contributed by atoms with E-state index in [-0.39, 0.29) is 12.5 Å². The van der Waals surface area contributed by atoms with Gasteiger partial charge in [-0.25, -0.2) is 0 Å². The molecule has 0 N–H and O–H groups in total. The number of anilines is 2. The molecule has 2 aromatic rings. The highest BCUT2D eigenvalue weighted by Gasteiger charge is 2.22. The van der Waals surface area contributed by atoms with Crippen LogP contribution in [0.25, 0.3) is 12.2 Å². The van der Waals surface area contributed by atoms with Crippen LogP contribution in [0.5, 0.6) is 0 Å². The van der Waals surface area contributed by atoms with Gasteiger partial charge in [-0.1, -0.05) is 61.7 Å². The third kappa shape index (κ3) is 4.81. The molecule has 0 aliphatic rings. The van der Waals surface area contributed by atoms with Crippen molar-refractivity contribution in [1.29, 1.82) is 0 Å². The highest BCUT2D eigenvalue weighted by molar-refractivity contribution is 5.68. The summed E-state index contributed by atoms with van der Waals surface area (Å²) in [6.07, 6.45) is 3.65. The zero-order chi connectivity index (χ0) is 19.8. The molecular weight excluding hydrogens is 332 g/mol. The molecule has 0 aliphatic carbocycles. The molecule has 144 valence electrons. The van der Waals surface area contributed by atoms with Crippen LogP contribution in [0.4, 0.5) is 11.4 Å². The lowest BCUT2D eigenvalue weighted by Crippen LogP contribution is -2.43. The molecule has 0 amide bonds. The van der Waals surface area contributed by atoms with Gasteiger partial charge in [0.25, 0.3) is 0 Å². The predicted octanol–water partition coefficient (Wildman–Crippen LogP) is 6.03. The second kappa shape index (κ2) is 9.98. The Morgan fingerprint density at radius 3 is 1.48 bits per heavy atom. The molecule has 2 rings (SSSR count). The molecule has 0 fully saturated rings. The van der Waals surface area contributed by atoms with Gasteiger partial charge in [-0.15, -0.1) is 0 Å².